The van der Waals surface area contributed by atoms with Crippen molar-refractivity contribution < 1.29 is 32.5 Å². The molecule has 4 atom stereocenters. The summed E-state index contributed by atoms with van der Waals surface area (Å²) in [6, 6.07) is 7.47. The molecule has 1 aromatic carbocycles. The average molecular weight is 555 g/mol. The second-order valence-electron chi connectivity index (χ2n) is 9.55. The van der Waals surface area contributed by atoms with E-state index in [9.17, 15) is 23.1 Å². The van der Waals surface area contributed by atoms with Crippen molar-refractivity contribution in [2.24, 2.45) is 16.9 Å². The second-order valence-corrected chi connectivity index (χ2v) is 9.95. The standard InChI is InChI=1S/C26H30ClF3N4O4/c1-4-18-20(12-24(35)36)34(32-25(18)26(28,29)30)16-5-7-17(8-6-16)38-22-9-10-33(14-15(22)2)21-11-23(37-3)31-13-19(21)27/h5-8,11,13,15,18,20,22H,4,9-10,12,14H2,1-3H3,(H,35,36). The Morgan fingerprint density at radius 1 is 1.26 bits per heavy atom. The molecule has 1 saturated heterocycles. The number of hydrogen-bond acceptors (Lipinski definition) is 7. The van der Waals surface area contributed by atoms with Crippen LogP contribution in [0.2, 0.25) is 5.02 Å². The number of ether oxygens (including phenoxy) is 2. The predicted molar refractivity (Wildman–Crippen MR) is 138 cm³/mol. The zero-order valence-corrected chi connectivity index (χ0v) is 22.0. The van der Waals surface area contributed by atoms with Crippen molar-refractivity contribution in [3.63, 3.8) is 0 Å². The number of halogens is 4. The molecule has 1 aromatic heterocycles. The normalized spacial score (nSPS) is 23.8. The number of nitrogens with zero attached hydrogens (tertiary/aromatic N) is 4. The van der Waals surface area contributed by atoms with Crippen LogP contribution in [0.15, 0.2) is 41.6 Å². The number of carboxylic acids is 1. The fourth-order valence-electron chi connectivity index (χ4n) is 5.14. The lowest BCUT2D eigenvalue weighted by Gasteiger charge is -2.38. The number of hydrogen-bond donors (Lipinski definition) is 1. The van der Waals surface area contributed by atoms with E-state index in [0.29, 0.717) is 35.4 Å². The van der Waals surface area contributed by atoms with E-state index < -0.39 is 36.2 Å². The summed E-state index contributed by atoms with van der Waals surface area (Å²) in [6.07, 6.45) is -2.74. The third-order valence-electron chi connectivity index (χ3n) is 7.03. The summed E-state index contributed by atoms with van der Waals surface area (Å²) in [6.45, 7) is 5.09. The minimum absolute atomic E-state index is 0.0783. The Morgan fingerprint density at radius 2 is 1.97 bits per heavy atom. The number of hydrazone groups is 1. The Labute approximate surface area is 224 Å². The molecule has 1 N–H and O–H groups in total. The quantitative estimate of drug-likeness (QED) is 0.451. The molecule has 0 bridgehead atoms. The third-order valence-corrected chi connectivity index (χ3v) is 7.33. The summed E-state index contributed by atoms with van der Waals surface area (Å²) in [4.78, 5) is 17.7. The molecular weight excluding hydrogens is 525 g/mol. The van der Waals surface area contributed by atoms with Crippen LogP contribution in [0, 0.1) is 11.8 Å². The highest BCUT2D eigenvalue weighted by Crippen LogP contribution is 2.39. The zero-order chi connectivity index (χ0) is 27.6. The Balaban J connectivity index is 1.46. The van der Waals surface area contributed by atoms with Crippen molar-refractivity contribution in [2.75, 3.05) is 30.1 Å². The Hall–Kier alpha value is -3.21. The Kier molecular flexibility index (Phi) is 8.25. The van der Waals surface area contributed by atoms with Gasteiger partial charge in [0, 0.05) is 37.4 Å². The van der Waals surface area contributed by atoms with E-state index >= 15 is 0 Å². The highest BCUT2D eigenvalue weighted by molar-refractivity contribution is 6.33. The number of anilines is 2. The molecule has 3 heterocycles. The van der Waals surface area contributed by atoms with E-state index in [4.69, 9.17) is 21.1 Å². The first-order valence-corrected chi connectivity index (χ1v) is 12.8. The number of aliphatic carboxylic acids is 1. The van der Waals surface area contributed by atoms with Crippen LogP contribution in [0.25, 0.3) is 0 Å². The van der Waals surface area contributed by atoms with E-state index in [1.54, 1.807) is 50.6 Å². The number of piperidine rings is 1. The molecule has 4 unspecified atom stereocenters. The maximum atomic E-state index is 13.6. The highest BCUT2D eigenvalue weighted by atomic mass is 35.5. The van der Waals surface area contributed by atoms with Crippen molar-refractivity contribution in [3.8, 4) is 11.6 Å². The van der Waals surface area contributed by atoms with Crippen LogP contribution in [0.5, 0.6) is 11.6 Å². The number of aromatic nitrogens is 1. The fourth-order valence-corrected chi connectivity index (χ4v) is 5.36. The van der Waals surface area contributed by atoms with Gasteiger partial charge in [-0.25, -0.2) is 4.98 Å². The zero-order valence-electron chi connectivity index (χ0n) is 21.3. The second kappa shape index (κ2) is 11.3. The summed E-state index contributed by atoms with van der Waals surface area (Å²) in [5, 5.41) is 14.9. The van der Waals surface area contributed by atoms with Crippen molar-refractivity contribution >= 4 is 34.7 Å². The summed E-state index contributed by atoms with van der Waals surface area (Å²) >= 11 is 6.36. The maximum absolute atomic E-state index is 13.6. The van der Waals surface area contributed by atoms with Crippen LogP contribution in [-0.2, 0) is 4.79 Å². The molecule has 2 aliphatic rings. The molecule has 0 aliphatic carbocycles. The van der Waals surface area contributed by atoms with Crippen molar-refractivity contribution in [1.29, 1.82) is 0 Å². The van der Waals surface area contributed by atoms with E-state index in [-0.39, 0.29) is 18.4 Å². The van der Waals surface area contributed by atoms with E-state index in [1.165, 1.54) is 5.01 Å². The van der Waals surface area contributed by atoms with Crippen LogP contribution < -0.4 is 19.4 Å². The molecule has 4 rings (SSSR count). The van der Waals surface area contributed by atoms with Gasteiger partial charge in [0.1, 0.15) is 17.6 Å². The van der Waals surface area contributed by atoms with E-state index in [1.807, 2.05) is 0 Å². The molecule has 12 heteroatoms. The van der Waals surface area contributed by atoms with Gasteiger partial charge in [0.2, 0.25) is 5.88 Å². The van der Waals surface area contributed by atoms with Crippen LogP contribution >= 0.6 is 11.6 Å². The monoisotopic (exact) mass is 554 g/mol. The first kappa shape index (κ1) is 27.8. The number of alkyl halides is 3. The van der Waals surface area contributed by atoms with Crippen molar-refractivity contribution in [3.05, 3.63) is 41.6 Å². The van der Waals surface area contributed by atoms with Gasteiger partial charge in [0.05, 0.1) is 42.2 Å². The average Bonchev–Trinajstić information content (AvgIpc) is 3.24. The first-order chi connectivity index (χ1) is 18.0. The van der Waals surface area contributed by atoms with Gasteiger partial charge in [-0.1, -0.05) is 25.4 Å². The van der Waals surface area contributed by atoms with Gasteiger partial charge >= 0.3 is 12.1 Å². The molecule has 206 valence electrons. The number of carbonyl (C=O) groups is 1. The Bertz CT molecular complexity index is 1180. The molecule has 0 saturated carbocycles. The van der Waals surface area contributed by atoms with Gasteiger partial charge in [0.25, 0.3) is 0 Å². The van der Waals surface area contributed by atoms with E-state index in [0.717, 1.165) is 12.1 Å². The molecule has 2 aliphatic heterocycles. The van der Waals surface area contributed by atoms with Gasteiger partial charge in [-0.05, 0) is 30.7 Å². The molecule has 0 spiro atoms. The molecule has 1 fully saturated rings. The summed E-state index contributed by atoms with van der Waals surface area (Å²) in [7, 11) is 1.55. The predicted octanol–water partition coefficient (Wildman–Crippen LogP) is 5.65. The van der Waals surface area contributed by atoms with Gasteiger partial charge in [0.15, 0.2) is 0 Å². The lowest BCUT2D eigenvalue weighted by atomic mass is 9.90. The van der Waals surface area contributed by atoms with Gasteiger partial charge in [-0.15, -0.1) is 0 Å². The molecule has 0 radical (unpaired) electrons. The lowest BCUT2D eigenvalue weighted by molar-refractivity contribution is -0.137. The summed E-state index contributed by atoms with van der Waals surface area (Å²) in [5.41, 5.74) is 0.281. The van der Waals surface area contributed by atoms with Crippen molar-refractivity contribution in [2.45, 2.75) is 51.4 Å². The minimum atomic E-state index is -4.63. The molecule has 38 heavy (non-hydrogen) atoms. The molecule has 2 aromatic rings. The number of pyridine rings is 1. The number of rotatable bonds is 8. The lowest BCUT2D eigenvalue weighted by Crippen LogP contribution is -2.44. The largest absolute Gasteiger partial charge is 0.490 e. The number of carboxylic acid groups (broad SMARTS) is 1. The first-order valence-electron chi connectivity index (χ1n) is 12.4. The van der Waals surface area contributed by atoms with Crippen LogP contribution in [0.1, 0.15) is 33.1 Å². The van der Waals surface area contributed by atoms with E-state index in [2.05, 4.69) is 21.9 Å². The smallest absolute Gasteiger partial charge is 0.431 e. The molecule has 0 amide bonds. The van der Waals surface area contributed by atoms with Gasteiger partial charge in [-0.3, -0.25) is 9.80 Å². The molecule has 8 nitrogen and oxygen atoms in total. The van der Waals surface area contributed by atoms with Crippen LogP contribution in [0.4, 0.5) is 24.5 Å². The van der Waals surface area contributed by atoms with Crippen molar-refractivity contribution in [1.82, 2.24) is 4.98 Å². The number of benzene rings is 1. The number of methoxy groups -OCH3 is 1. The third kappa shape index (κ3) is 5.92. The van der Waals surface area contributed by atoms with Gasteiger partial charge in [-0.2, -0.15) is 18.3 Å². The highest BCUT2D eigenvalue weighted by Gasteiger charge is 2.50. The van der Waals surface area contributed by atoms with Gasteiger partial charge < -0.3 is 19.5 Å². The van der Waals surface area contributed by atoms with Crippen LogP contribution in [0.3, 0.4) is 0 Å². The van der Waals surface area contributed by atoms with Crippen LogP contribution in [-0.4, -0.2) is 60.3 Å². The molecular formula is C26H30ClF3N4O4. The summed E-state index contributed by atoms with van der Waals surface area (Å²) < 4.78 is 52.3. The summed E-state index contributed by atoms with van der Waals surface area (Å²) in [5.74, 6) is -0.994. The Morgan fingerprint density at radius 3 is 2.55 bits per heavy atom. The minimum Gasteiger partial charge on any atom is -0.490 e. The fraction of sp³-hybridized carbons (Fsp3) is 0.500. The maximum Gasteiger partial charge on any atom is 0.431 e. The topological polar surface area (TPSA) is 87.5 Å². The SMILES string of the molecule is CCC1C(C(F)(F)F)=NN(c2ccc(OC3CCN(c4cc(OC)ncc4Cl)CC3C)cc2)C1CC(=O)O.